The van der Waals surface area contributed by atoms with Crippen LogP contribution in [0.3, 0.4) is 0 Å². The van der Waals surface area contributed by atoms with Crippen molar-refractivity contribution in [3.8, 4) is 0 Å². The van der Waals surface area contributed by atoms with Crippen molar-refractivity contribution in [2.75, 3.05) is 0 Å². The monoisotopic (exact) mass is 272 g/mol. The van der Waals surface area contributed by atoms with Crippen LogP contribution in [0, 0.1) is 0 Å². The molecule has 0 fully saturated rings. The molecule has 0 aromatic rings. The summed E-state index contributed by atoms with van der Waals surface area (Å²) in [5.74, 6) is 0. The third-order valence-corrected chi connectivity index (χ3v) is 2.75. The maximum atomic E-state index is 2.23. The van der Waals surface area contributed by atoms with Crippen molar-refractivity contribution in [1.82, 2.24) is 0 Å². The van der Waals surface area contributed by atoms with E-state index in [0.29, 0.717) is 0 Å². The Morgan fingerprint density at radius 1 is 0.412 bits per heavy atom. The minimum absolute atomic E-state index is 0. The van der Waals surface area contributed by atoms with Crippen LogP contribution in [0.4, 0.5) is 0 Å². The second-order valence-electron chi connectivity index (χ2n) is 4.28. The summed E-state index contributed by atoms with van der Waals surface area (Å²) in [7, 11) is 0. The van der Waals surface area contributed by atoms with Crippen molar-refractivity contribution in [2.24, 2.45) is 0 Å². The fraction of sp³-hybridized carbons (Fsp3) is 0.500. The molecule has 0 saturated heterocycles. The van der Waals surface area contributed by atoms with Gasteiger partial charge in [-0.15, -0.1) is 0 Å². The zero-order valence-electron chi connectivity index (χ0n) is 10.6. The Hall–Kier alpha value is -0.521. The summed E-state index contributed by atoms with van der Waals surface area (Å²) in [4.78, 5) is 0. The van der Waals surface area contributed by atoms with E-state index in [-0.39, 0.29) is 17.1 Å². The minimum Gasteiger partial charge on any atom is -0.0845 e. The van der Waals surface area contributed by atoms with Crippen molar-refractivity contribution >= 4 is 0 Å². The SMILES string of the molecule is C1=C\CCCC\C=C/1.C1=C\CCCC\C=C/1.[Fe]. The number of allylic oxidation sites excluding steroid dienone is 8. The Labute approximate surface area is 117 Å². The molecule has 0 N–H and O–H groups in total. The van der Waals surface area contributed by atoms with E-state index in [1.807, 2.05) is 0 Å². The molecule has 0 aromatic carbocycles. The van der Waals surface area contributed by atoms with Gasteiger partial charge in [-0.3, -0.25) is 0 Å². The molecule has 0 atom stereocenters. The first kappa shape index (κ1) is 16.5. The topological polar surface area (TPSA) is 0 Å². The van der Waals surface area contributed by atoms with Crippen LogP contribution in [0.25, 0.3) is 0 Å². The normalized spacial score (nSPS) is 26.4. The molecule has 0 spiro atoms. The molecule has 0 amide bonds. The average Bonchev–Trinajstić information content (AvgIpc) is 2.15. The molecular formula is C16H24Fe. The molecule has 17 heavy (non-hydrogen) atoms. The molecule has 0 aliphatic heterocycles. The molecule has 0 nitrogen and oxygen atoms in total. The van der Waals surface area contributed by atoms with Gasteiger partial charge in [-0.2, -0.15) is 0 Å². The molecule has 2 aliphatic carbocycles. The van der Waals surface area contributed by atoms with Crippen LogP contribution in [0.15, 0.2) is 48.6 Å². The van der Waals surface area contributed by atoms with Gasteiger partial charge in [0.05, 0.1) is 0 Å². The van der Waals surface area contributed by atoms with E-state index in [9.17, 15) is 0 Å². The van der Waals surface area contributed by atoms with Crippen LogP contribution in [-0.4, -0.2) is 0 Å². The summed E-state index contributed by atoms with van der Waals surface area (Å²) in [5, 5.41) is 0. The summed E-state index contributed by atoms with van der Waals surface area (Å²) in [6.45, 7) is 0. The summed E-state index contributed by atoms with van der Waals surface area (Å²) in [6, 6.07) is 0. The molecule has 2 aliphatic rings. The molecule has 2 rings (SSSR count). The Bertz CT molecular complexity index is 203. The van der Waals surface area contributed by atoms with Gasteiger partial charge in [-0.1, -0.05) is 48.6 Å². The maximum Gasteiger partial charge on any atom is 0 e. The van der Waals surface area contributed by atoms with Crippen LogP contribution in [-0.2, 0) is 17.1 Å². The molecule has 96 valence electrons. The Balaban J connectivity index is 0.000000284. The van der Waals surface area contributed by atoms with Gasteiger partial charge in [0.2, 0.25) is 0 Å². The van der Waals surface area contributed by atoms with Crippen molar-refractivity contribution in [3.63, 3.8) is 0 Å². The molecule has 0 saturated carbocycles. The van der Waals surface area contributed by atoms with Gasteiger partial charge in [0.25, 0.3) is 0 Å². The first-order valence-electron chi connectivity index (χ1n) is 6.63. The van der Waals surface area contributed by atoms with Crippen LogP contribution in [0.5, 0.6) is 0 Å². The zero-order chi connectivity index (χ0) is 11.3. The predicted molar refractivity (Wildman–Crippen MR) is 73.5 cm³/mol. The first-order valence-corrected chi connectivity index (χ1v) is 6.63. The molecule has 1 heteroatoms. The fourth-order valence-electron chi connectivity index (χ4n) is 1.75. The summed E-state index contributed by atoms with van der Waals surface area (Å²) in [5.41, 5.74) is 0. The van der Waals surface area contributed by atoms with E-state index in [1.165, 1.54) is 51.4 Å². The van der Waals surface area contributed by atoms with Gasteiger partial charge in [0.15, 0.2) is 0 Å². The molecular weight excluding hydrogens is 248 g/mol. The second-order valence-corrected chi connectivity index (χ2v) is 4.28. The molecule has 0 unspecified atom stereocenters. The Morgan fingerprint density at radius 2 is 0.647 bits per heavy atom. The van der Waals surface area contributed by atoms with Gasteiger partial charge in [-0.25, -0.2) is 0 Å². The van der Waals surface area contributed by atoms with Gasteiger partial charge >= 0.3 is 0 Å². The van der Waals surface area contributed by atoms with E-state index in [0.717, 1.165) is 0 Å². The molecule has 0 radical (unpaired) electrons. The Kier molecular flexibility index (Phi) is 13.1. The number of rotatable bonds is 0. The van der Waals surface area contributed by atoms with E-state index in [4.69, 9.17) is 0 Å². The molecule has 0 heterocycles. The van der Waals surface area contributed by atoms with E-state index >= 15 is 0 Å². The maximum absolute atomic E-state index is 2.23. The molecule has 0 bridgehead atoms. The number of hydrogen-bond donors (Lipinski definition) is 0. The first-order chi connectivity index (χ1) is 8.00. The smallest absolute Gasteiger partial charge is 0 e. The van der Waals surface area contributed by atoms with Crippen molar-refractivity contribution in [3.05, 3.63) is 48.6 Å². The summed E-state index contributed by atoms with van der Waals surface area (Å²) in [6.07, 6.45) is 28.0. The quantitative estimate of drug-likeness (QED) is 0.522. The largest absolute Gasteiger partial charge is 0.0845 e. The van der Waals surface area contributed by atoms with Gasteiger partial charge in [0, 0.05) is 17.1 Å². The Morgan fingerprint density at radius 3 is 0.882 bits per heavy atom. The average molecular weight is 272 g/mol. The van der Waals surface area contributed by atoms with E-state index in [2.05, 4.69) is 48.6 Å². The third kappa shape index (κ3) is 11.7. The second kappa shape index (κ2) is 13.5. The van der Waals surface area contributed by atoms with E-state index in [1.54, 1.807) is 0 Å². The van der Waals surface area contributed by atoms with Gasteiger partial charge in [0.1, 0.15) is 0 Å². The van der Waals surface area contributed by atoms with Crippen LogP contribution >= 0.6 is 0 Å². The van der Waals surface area contributed by atoms with Crippen molar-refractivity contribution in [2.45, 2.75) is 51.4 Å². The van der Waals surface area contributed by atoms with Crippen LogP contribution < -0.4 is 0 Å². The van der Waals surface area contributed by atoms with Crippen molar-refractivity contribution in [1.29, 1.82) is 0 Å². The van der Waals surface area contributed by atoms with Gasteiger partial charge in [-0.05, 0) is 51.4 Å². The zero-order valence-corrected chi connectivity index (χ0v) is 11.7. The van der Waals surface area contributed by atoms with Crippen LogP contribution in [0.1, 0.15) is 51.4 Å². The summed E-state index contributed by atoms with van der Waals surface area (Å²) < 4.78 is 0. The van der Waals surface area contributed by atoms with Crippen LogP contribution in [0.2, 0.25) is 0 Å². The standard InChI is InChI=1S/2C8H12.Fe/c2*1-2-4-6-8-7-5-3-1;/h2*1-4H,5-8H2;/b2*3-1-,4-2-;. The van der Waals surface area contributed by atoms with Gasteiger partial charge < -0.3 is 0 Å². The summed E-state index contributed by atoms with van der Waals surface area (Å²) >= 11 is 0. The van der Waals surface area contributed by atoms with Crippen molar-refractivity contribution < 1.29 is 17.1 Å². The fourth-order valence-corrected chi connectivity index (χ4v) is 1.75. The molecule has 0 aromatic heterocycles. The minimum atomic E-state index is 0. The third-order valence-electron chi connectivity index (χ3n) is 2.75. The van der Waals surface area contributed by atoms with E-state index < -0.39 is 0 Å². The number of hydrogen-bond acceptors (Lipinski definition) is 0. The predicted octanol–water partition coefficient (Wildman–Crippen LogP) is 5.34.